The Bertz CT molecular complexity index is 1950. The van der Waals surface area contributed by atoms with Crippen molar-refractivity contribution in [1.82, 2.24) is 5.06 Å². The Balaban J connectivity index is 1.66. The predicted molar refractivity (Wildman–Crippen MR) is 230 cm³/mol. The monoisotopic (exact) mass is 842 g/mol. The molecule has 1 saturated heterocycles. The van der Waals surface area contributed by atoms with E-state index in [1.807, 2.05) is 27.7 Å². The van der Waals surface area contributed by atoms with E-state index in [9.17, 15) is 24.6 Å². The summed E-state index contributed by atoms with van der Waals surface area (Å²) in [6, 6.07) is 30.9. The fourth-order valence-corrected chi connectivity index (χ4v) is 8.65. The van der Waals surface area contributed by atoms with Gasteiger partial charge in [0.1, 0.15) is 12.2 Å². The Kier molecular flexibility index (Phi) is 17.5. The number of hydrogen-bond donors (Lipinski definition) is 3. The van der Waals surface area contributed by atoms with Crippen molar-refractivity contribution in [3.8, 4) is 0 Å². The number of Topliss-reactive ketones (excluding diaryl/α,β-unsaturated/α-hetero) is 1. The van der Waals surface area contributed by atoms with E-state index >= 15 is 0 Å². The molecule has 0 radical (unpaired) electrons. The molecule has 1 fully saturated rings. The van der Waals surface area contributed by atoms with Crippen LogP contribution >= 0.6 is 8.30 Å². The number of hydroxylamine groups is 2. The third kappa shape index (κ3) is 11.5. The molecule has 1 heterocycles. The topological polar surface area (TPSA) is 167 Å². The van der Waals surface area contributed by atoms with Crippen molar-refractivity contribution in [1.29, 1.82) is 0 Å². The number of hydrogen-bond acceptors (Lipinski definition) is 12. The number of unbranched alkanes of at least 4 members (excludes halogenated alkanes) is 5. The van der Waals surface area contributed by atoms with Gasteiger partial charge in [0.2, 0.25) is 11.4 Å². The first-order valence-corrected chi connectivity index (χ1v) is 22.1. The van der Waals surface area contributed by atoms with Crippen LogP contribution in [0.5, 0.6) is 0 Å². The molecule has 7 atom stereocenters. The number of carbonyl (C=O) groups is 3. The van der Waals surface area contributed by atoms with Gasteiger partial charge >= 0.3 is 11.9 Å². The number of ketones is 1. The van der Waals surface area contributed by atoms with Crippen LogP contribution in [0.3, 0.4) is 0 Å². The van der Waals surface area contributed by atoms with E-state index in [0.717, 1.165) is 32.1 Å². The van der Waals surface area contributed by atoms with Crippen LogP contribution in [0.1, 0.15) is 116 Å². The van der Waals surface area contributed by atoms with Crippen molar-refractivity contribution < 1.29 is 48.2 Å². The summed E-state index contributed by atoms with van der Waals surface area (Å²) in [7, 11) is -1.88. The molecule has 1 aliphatic heterocycles. The molecule has 4 aromatic carbocycles. The van der Waals surface area contributed by atoms with Crippen molar-refractivity contribution in [3.05, 3.63) is 138 Å². The second-order valence-corrected chi connectivity index (χ2v) is 16.8. The molecule has 4 aromatic rings. The van der Waals surface area contributed by atoms with E-state index in [2.05, 4.69) is 6.92 Å². The lowest BCUT2D eigenvalue weighted by Crippen LogP contribution is -2.72. The zero-order valence-electron chi connectivity index (χ0n) is 35.1. The minimum Gasteiger partial charge on any atom is -0.452 e. The van der Waals surface area contributed by atoms with Gasteiger partial charge in [0.05, 0.1) is 11.1 Å². The maximum atomic E-state index is 14.8. The average molecular weight is 843 g/mol. The van der Waals surface area contributed by atoms with Crippen LogP contribution < -0.4 is 10.8 Å². The Morgan fingerprint density at radius 1 is 0.733 bits per heavy atom. The summed E-state index contributed by atoms with van der Waals surface area (Å²) in [5.74, 6) is -2.71. The lowest BCUT2D eigenvalue weighted by Gasteiger charge is -2.50. The molecule has 0 amide bonds. The quantitative estimate of drug-likeness (QED) is 0.0245. The summed E-state index contributed by atoms with van der Waals surface area (Å²) in [4.78, 5) is 43.0. The number of rotatable bonds is 21. The summed E-state index contributed by atoms with van der Waals surface area (Å²) in [6.45, 7) is 10.1. The molecule has 0 spiro atoms. The lowest BCUT2D eigenvalue weighted by atomic mass is 9.78. The Morgan fingerprint density at radius 2 is 1.23 bits per heavy atom. The zero-order valence-corrected chi connectivity index (χ0v) is 36.0. The molecule has 0 bridgehead atoms. The van der Waals surface area contributed by atoms with Crippen LogP contribution in [0.2, 0.25) is 0 Å². The Labute approximate surface area is 354 Å². The van der Waals surface area contributed by atoms with Gasteiger partial charge in [-0.1, -0.05) is 130 Å². The molecule has 13 heteroatoms. The SMILES string of the molecule is CCCCCCCCOC1O[C@H](C(O)c2ccccc2P(N)ON(C(C)C)C(C)C)[C@@H](OC(=O)c2ccccc2)[C@H](OC(=O)c2ccccc2)[C@]1(O)C(=O)c1ccccc1. The summed E-state index contributed by atoms with van der Waals surface area (Å²) < 4.78 is 31.6. The first-order valence-electron chi connectivity index (χ1n) is 20.8. The highest BCUT2D eigenvalue weighted by Crippen LogP contribution is 2.43. The van der Waals surface area contributed by atoms with Crippen LogP contribution in [0, 0.1) is 0 Å². The summed E-state index contributed by atoms with van der Waals surface area (Å²) in [5, 5.41) is 27.9. The van der Waals surface area contributed by atoms with Gasteiger partial charge in [0.15, 0.2) is 26.8 Å². The maximum Gasteiger partial charge on any atom is 0.338 e. The fourth-order valence-electron chi connectivity index (χ4n) is 7.29. The predicted octanol–water partition coefficient (Wildman–Crippen LogP) is 7.83. The molecule has 0 saturated carbocycles. The second-order valence-electron chi connectivity index (χ2n) is 15.5. The third-order valence-electron chi connectivity index (χ3n) is 10.4. The lowest BCUT2D eigenvalue weighted by molar-refractivity contribution is -0.330. The van der Waals surface area contributed by atoms with Crippen molar-refractivity contribution >= 4 is 31.3 Å². The van der Waals surface area contributed by atoms with E-state index in [1.165, 1.54) is 36.4 Å². The second kappa shape index (κ2) is 22.5. The molecule has 3 unspecified atom stereocenters. The molecule has 1 aliphatic rings. The number of esters is 2. The summed E-state index contributed by atoms with van der Waals surface area (Å²) in [5.41, 5.74) is 4.52. The smallest absolute Gasteiger partial charge is 0.338 e. The highest BCUT2D eigenvalue weighted by molar-refractivity contribution is 7.58. The average Bonchev–Trinajstić information content (AvgIpc) is 3.27. The number of ether oxygens (including phenoxy) is 4. The Morgan fingerprint density at radius 3 is 1.80 bits per heavy atom. The summed E-state index contributed by atoms with van der Waals surface area (Å²) in [6.07, 6.45) is -3.30. The number of aliphatic hydroxyl groups excluding tert-OH is 1. The maximum absolute atomic E-state index is 14.8. The minimum atomic E-state index is -2.80. The van der Waals surface area contributed by atoms with Crippen molar-refractivity contribution in [2.75, 3.05) is 6.61 Å². The molecule has 322 valence electrons. The molecule has 4 N–H and O–H groups in total. The van der Waals surface area contributed by atoms with Gasteiger partial charge in [0.25, 0.3) is 0 Å². The third-order valence-corrected chi connectivity index (χ3v) is 11.6. The fraction of sp³-hybridized carbons (Fsp3) is 0.426. The van der Waals surface area contributed by atoms with Crippen molar-refractivity contribution in [2.24, 2.45) is 5.50 Å². The first-order chi connectivity index (χ1) is 28.9. The highest BCUT2D eigenvalue weighted by Gasteiger charge is 2.65. The van der Waals surface area contributed by atoms with E-state index < -0.39 is 62.3 Å². The van der Waals surface area contributed by atoms with E-state index in [-0.39, 0.29) is 40.9 Å². The van der Waals surface area contributed by atoms with Crippen LogP contribution in [0.15, 0.2) is 115 Å². The number of carbonyl (C=O) groups excluding carboxylic acids is 3. The number of aliphatic hydroxyl groups is 2. The van der Waals surface area contributed by atoms with Crippen molar-refractivity contribution in [3.63, 3.8) is 0 Å². The Hall–Kier alpha value is -4.36. The summed E-state index contributed by atoms with van der Waals surface area (Å²) >= 11 is 0. The van der Waals surface area contributed by atoms with E-state index in [0.29, 0.717) is 11.7 Å². The van der Waals surface area contributed by atoms with E-state index in [4.69, 9.17) is 29.1 Å². The minimum absolute atomic E-state index is 0.0245. The van der Waals surface area contributed by atoms with Crippen LogP contribution in [0.4, 0.5) is 0 Å². The molecular formula is C47H59N2O10P. The normalized spacial score (nSPS) is 21.4. The first kappa shape index (κ1) is 46.7. The molecule has 5 rings (SSSR count). The van der Waals surface area contributed by atoms with Crippen LogP contribution in [0.25, 0.3) is 0 Å². The van der Waals surface area contributed by atoms with Gasteiger partial charge in [0, 0.05) is 29.6 Å². The molecular weight excluding hydrogens is 783 g/mol. The van der Waals surface area contributed by atoms with Crippen LogP contribution in [-0.4, -0.2) is 81.9 Å². The standard InChI is InChI=1S/C47H59N2O10P/c1-6-7-8-9-10-22-31-55-46-47(54,42(51)34-23-14-11-15-24-34)43(58-45(53)36-27-18-13-19-28-36)41(56-44(52)35-25-16-12-17-26-35)40(57-46)39(50)37-29-20-21-30-38(37)60(48)59-49(32(2)3)33(4)5/h11-21,23-30,32-33,39-41,43,46,50,54H,6-10,22,31,48H2,1-5H3/t39?,40-,41-,43+,46?,47-,60?/m1/s1. The van der Waals surface area contributed by atoms with Crippen molar-refractivity contribution in [2.45, 2.75) is 122 Å². The molecule has 60 heavy (non-hydrogen) atoms. The van der Waals surface area contributed by atoms with Crippen LogP contribution in [-0.2, 0) is 23.6 Å². The number of nitrogens with zero attached hydrogens (tertiary/aromatic N) is 1. The largest absolute Gasteiger partial charge is 0.452 e. The van der Waals surface area contributed by atoms with Gasteiger partial charge in [-0.05, 0) is 63.9 Å². The molecule has 0 aromatic heterocycles. The van der Waals surface area contributed by atoms with E-state index in [1.54, 1.807) is 83.9 Å². The van der Waals surface area contributed by atoms with Gasteiger partial charge in [-0.15, -0.1) is 0 Å². The van der Waals surface area contributed by atoms with Gasteiger partial charge in [-0.3, -0.25) is 14.9 Å². The van der Waals surface area contributed by atoms with Gasteiger partial charge in [-0.25, -0.2) is 9.59 Å². The van der Waals surface area contributed by atoms with Gasteiger partial charge in [-0.2, -0.15) is 5.06 Å². The molecule has 12 nitrogen and oxygen atoms in total. The number of benzene rings is 4. The number of nitrogens with two attached hydrogens (primary N) is 1. The highest BCUT2D eigenvalue weighted by atomic mass is 31.2. The van der Waals surface area contributed by atoms with Gasteiger partial charge < -0.3 is 29.2 Å². The molecule has 0 aliphatic carbocycles. The zero-order chi connectivity index (χ0) is 43.2.